The second-order valence-electron chi connectivity index (χ2n) is 8.08. The summed E-state index contributed by atoms with van der Waals surface area (Å²) in [7, 11) is -3.81. The van der Waals surface area contributed by atoms with E-state index in [9.17, 15) is 25.8 Å². The molecule has 0 spiro atoms. The zero-order valence-corrected chi connectivity index (χ0v) is 21.8. The van der Waals surface area contributed by atoms with Gasteiger partial charge in [0.2, 0.25) is 5.16 Å². The van der Waals surface area contributed by atoms with E-state index in [-0.39, 0.29) is 21.9 Å². The van der Waals surface area contributed by atoms with E-state index >= 15 is 0 Å². The Hall–Kier alpha value is -3.45. The predicted molar refractivity (Wildman–Crippen MR) is 131 cm³/mol. The maximum atomic E-state index is 13.7. The lowest BCUT2D eigenvalue weighted by Crippen LogP contribution is -2.18. The van der Waals surface area contributed by atoms with Crippen LogP contribution in [0.2, 0.25) is 0 Å². The molecule has 2 heterocycles. The van der Waals surface area contributed by atoms with Gasteiger partial charge in [0, 0.05) is 23.4 Å². The highest BCUT2D eigenvalue weighted by molar-refractivity contribution is 7.91. The largest absolute Gasteiger partial charge is 0.497 e. The Labute approximate surface area is 213 Å². The van der Waals surface area contributed by atoms with Crippen LogP contribution in [0.15, 0.2) is 58.7 Å². The third-order valence-electron chi connectivity index (χ3n) is 5.71. The Morgan fingerprint density at radius 2 is 1.78 bits per heavy atom. The molecule has 0 bridgehead atoms. The van der Waals surface area contributed by atoms with Crippen LogP contribution in [0.25, 0.3) is 11.0 Å². The second kappa shape index (κ2) is 9.78. The summed E-state index contributed by atoms with van der Waals surface area (Å²) in [5.74, 6) is 0.713. The molecule has 0 radical (unpaired) electrons. The summed E-state index contributed by atoms with van der Waals surface area (Å²) in [5.41, 5.74) is 0.835. The van der Waals surface area contributed by atoms with E-state index in [1.54, 1.807) is 20.0 Å². The van der Waals surface area contributed by atoms with Crippen LogP contribution in [0, 0.1) is 13.8 Å². The molecule has 13 heteroatoms. The highest BCUT2D eigenvalue weighted by atomic mass is 32.2. The van der Waals surface area contributed by atoms with Crippen molar-refractivity contribution in [1.82, 2.24) is 13.9 Å². The zero-order valence-electron chi connectivity index (χ0n) is 20.2. The summed E-state index contributed by atoms with van der Waals surface area (Å²) in [4.78, 5) is 7.99. The van der Waals surface area contributed by atoms with Gasteiger partial charge in [0.25, 0.3) is 10.0 Å². The molecule has 1 atom stereocenters. The van der Waals surface area contributed by atoms with Crippen molar-refractivity contribution >= 4 is 31.9 Å². The van der Waals surface area contributed by atoms with Gasteiger partial charge in [-0.3, -0.25) is 9.19 Å². The minimum atomic E-state index is -4.75. The minimum Gasteiger partial charge on any atom is -0.497 e. The fourth-order valence-corrected chi connectivity index (χ4v) is 6.96. The Morgan fingerprint density at radius 3 is 2.43 bits per heavy atom. The molecular formula is C24H22F3N3O5S2. The van der Waals surface area contributed by atoms with E-state index in [0.29, 0.717) is 32.8 Å². The van der Waals surface area contributed by atoms with Crippen molar-refractivity contribution in [2.75, 3.05) is 14.2 Å². The average Bonchev–Trinajstić information content (AvgIpc) is 3.25. The van der Waals surface area contributed by atoms with Crippen molar-refractivity contribution in [2.24, 2.45) is 0 Å². The number of benzene rings is 2. The lowest BCUT2D eigenvalue weighted by atomic mass is 10.1. The molecule has 2 aromatic heterocycles. The van der Waals surface area contributed by atoms with Crippen LogP contribution in [0.1, 0.15) is 22.4 Å². The number of hydrogen-bond acceptors (Lipinski definition) is 7. The molecule has 4 rings (SSSR count). The third-order valence-corrected chi connectivity index (χ3v) is 8.74. The van der Waals surface area contributed by atoms with Gasteiger partial charge in [0.1, 0.15) is 11.5 Å². The number of hydrogen-bond donors (Lipinski definition) is 0. The Balaban J connectivity index is 1.90. The number of methoxy groups -OCH3 is 2. The molecule has 0 N–H and O–H groups in total. The van der Waals surface area contributed by atoms with Crippen molar-refractivity contribution in [3.8, 4) is 11.5 Å². The Bertz CT molecular complexity index is 1630. The summed E-state index contributed by atoms with van der Waals surface area (Å²) in [6, 6.07) is 7.68. The van der Waals surface area contributed by atoms with Crippen LogP contribution in [0.3, 0.4) is 0 Å². The number of halogens is 3. The predicted octanol–water partition coefficient (Wildman–Crippen LogP) is 4.63. The number of nitrogens with zero attached hydrogens (tertiary/aromatic N) is 3. The third kappa shape index (κ3) is 4.92. The molecular weight excluding hydrogens is 531 g/mol. The second-order valence-corrected chi connectivity index (χ2v) is 11.2. The minimum absolute atomic E-state index is 0.0349. The van der Waals surface area contributed by atoms with E-state index in [1.165, 1.54) is 32.4 Å². The van der Waals surface area contributed by atoms with Gasteiger partial charge in [-0.05, 0) is 44.2 Å². The molecule has 4 aromatic rings. The number of rotatable bonds is 7. The van der Waals surface area contributed by atoms with E-state index < -0.39 is 37.5 Å². The smallest absolute Gasteiger partial charge is 0.416 e. The van der Waals surface area contributed by atoms with Gasteiger partial charge in [0.05, 0.1) is 58.0 Å². The number of imidazole rings is 1. The zero-order chi connectivity index (χ0) is 27.1. The van der Waals surface area contributed by atoms with Gasteiger partial charge >= 0.3 is 6.18 Å². The summed E-state index contributed by atoms with van der Waals surface area (Å²) >= 11 is 0. The van der Waals surface area contributed by atoms with Crippen LogP contribution in [-0.4, -0.2) is 40.8 Å². The number of aromatic nitrogens is 3. The topological polar surface area (TPSA) is 100 Å². The van der Waals surface area contributed by atoms with Crippen molar-refractivity contribution in [1.29, 1.82) is 0 Å². The summed E-state index contributed by atoms with van der Waals surface area (Å²) in [6.07, 6.45) is -3.21. The quantitative estimate of drug-likeness (QED) is 0.329. The van der Waals surface area contributed by atoms with Gasteiger partial charge in [0.15, 0.2) is 0 Å². The van der Waals surface area contributed by atoms with Crippen molar-refractivity contribution in [2.45, 2.75) is 35.8 Å². The molecule has 37 heavy (non-hydrogen) atoms. The van der Waals surface area contributed by atoms with Gasteiger partial charge in [-0.25, -0.2) is 17.4 Å². The Kier molecular flexibility index (Phi) is 7.04. The molecule has 0 saturated carbocycles. The van der Waals surface area contributed by atoms with Crippen molar-refractivity contribution in [3.05, 3.63) is 71.0 Å². The fraction of sp³-hybridized carbons (Fsp3) is 0.250. The molecule has 0 fully saturated rings. The summed E-state index contributed by atoms with van der Waals surface area (Å²) < 4.78 is 92.2. The first-order valence-corrected chi connectivity index (χ1v) is 13.5. The van der Waals surface area contributed by atoms with E-state index in [4.69, 9.17) is 9.47 Å². The van der Waals surface area contributed by atoms with Gasteiger partial charge in [-0.1, -0.05) is 6.07 Å². The highest BCUT2D eigenvalue weighted by Gasteiger charge is 2.34. The molecule has 1 unspecified atom stereocenters. The van der Waals surface area contributed by atoms with Crippen molar-refractivity contribution in [3.63, 3.8) is 0 Å². The molecule has 0 aliphatic carbocycles. The monoisotopic (exact) mass is 553 g/mol. The standard InChI is InChI=1S/C24H22F3N3O5S2/c1-14-12-28-20(15(2)22(14)35-4)13-36(31)23-29-19-11-17(34-3)8-9-21(19)30(23)37(32,33)18-7-5-6-16(10-18)24(25,26)27/h5-12H,13H2,1-4H3. The molecule has 196 valence electrons. The maximum Gasteiger partial charge on any atom is 0.416 e. The molecule has 0 aliphatic heterocycles. The number of alkyl halides is 3. The number of pyridine rings is 1. The molecule has 0 amide bonds. The van der Waals surface area contributed by atoms with Crippen LogP contribution < -0.4 is 9.47 Å². The molecule has 8 nitrogen and oxygen atoms in total. The van der Waals surface area contributed by atoms with Gasteiger partial charge in [-0.15, -0.1) is 0 Å². The van der Waals surface area contributed by atoms with Crippen LogP contribution in [0.5, 0.6) is 11.5 Å². The lowest BCUT2D eigenvalue weighted by Gasteiger charge is -2.14. The molecule has 0 saturated heterocycles. The number of fused-ring (bicyclic) bond motifs is 1. The normalized spacial score (nSPS) is 13.1. The first-order chi connectivity index (χ1) is 17.4. The highest BCUT2D eigenvalue weighted by Crippen LogP contribution is 2.33. The van der Waals surface area contributed by atoms with Crippen LogP contribution in [0.4, 0.5) is 13.2 Å². The molecule has 2 aromatic carbocycles. The van der Waals surface area contributed by atoms with E-state index in [1.807, 2.05) is 0 Å². The van der Waals surface area contributed by atoms with Crippen molar-refractivity contribution < 1.29 is 35.3 Å². The number of ether oxygens (including phenoxy) is 2. The van der Waals surface area contributed by atoms with Gasteiger partial charge < -0.3 is 9.47 Å². The first-order valence-electron chi connectivity index (χ1n) is 10.7. The summed E-state index contributed by atoms with van der Waals surface area (Å²) in [6.45, 7) is 3.53. The fourth-order valence-electron chi connectivity index (χ4n) is 3.86. The lowest BCUT2D eigenvalue weighted by molar-refractivity contribution is -0.137. The van der Waals surface area contributed by atoms with E-state index in [2.05, 4.69) is 9.97 Å². The average molecular weight is 554 g/mol. The first kappa shape index (κ1) is 26.6. The van der Waals surface area contributed by atoms with Gasteiger partial charge in [-0.2, -0.15) is 13.2 Å². The SMILES string of the molecule is COc1ccc2c(c1)nc(S(=O)Cc1ncc(C)c(OC)c1C)n2S(=O)(=O)c1cccc(C(F)(F)F)c1. The number of aryl methyl sites for hydroxylation is 1. The van der Waals surface area contributed by atoms with E-state index in [0.717, 1.165) is 23.8 Å². The van der Waals surface area contributed by atoms with Crippen LogP contribution >= 0.6 is 0 Å². The Morgan fingerprint density at radius 1 is 1.05 bits per heavy atom. The molecule has 0 aliphatic rings. The van der Waals surface area contributed by atoms with Crippen LogP contribution in [-0.2, 0) is 32.8 Å². The maximum absolute atomic E-state index is 13.7. The summed E-state index contributed by atoms with van der Waals surface area (Å²) in [5, 5.41) is -0.360.